The average Bonchev–Trinajstić information content (AvgIpc) is 2.78. The Morgan fingerprint density at radius 2 is 2.04 bits per heavy atom. The number of nitrogens with zero attached hydrogens (tertiary/aromatic N) is 4. The smallest absolute Gasteiger partial charge is 0.422 e. The van der Waals surface area contributed by atoms with Gasteiger partial charge in [0.25, 0.3) is 0 Å². The van der Waals surface area contributed by atoms with Crippen molar-refractivity contribution in [3.8, 4) is 0 Å². The minimum Gasteiger partial charge on any atom is -0.484 e. The van der Waals surface area contributed by atoms with Gasteiger partial charge in [0.05, 0.1) is 0 Å². The van der Waals surface area contributed by atoms with E-state index in [1.165, 1.54) is 28.7 Å². The molecule has 0 saturated carbocycles. The largest absolute Gasteiger partial charge is 0.484 e. The van der Waals surface area contributed by atoms with E-state index in [0.717, 1.165) is 11.4 Å². The molecule has 144 valence electrons. The van der Waals surface area contributed by atoms with Crippen LogP contribution in [0.5, 0.6) is 0 Å². The van der Waals surface area contributed by atoms with Crippen LogP contribution in [0.1, 0.15) is 19.0 Å². The summed E-state index contributed by atoms with van der Waals surface area (Å²) in [5.41, 5.74) is 3.61. The van der Waals surface area contributed by atoms with E-state index in [-0.39, 0.29) is 5.76 Å². The first-order valence-corrected chi connectivity index (χ1v) is 9.07. The molecule has 0 amide bonds. The van der Waals surface area contributed by atoms with E-state index in [0.29, 0.717) is 34.1 Å². The number of allylic oxidation sites excluding steroid dienone is 2. The molecule has 0 unspecified atom stereocenters. The molecule has 0 radical (unpaired) electrons. The fraction of sp³-hybridized carbons (Fsp3) is 0.353. The van der Waals surface area contributed by atoms with E-state index in [1.807, 2.05) is 19.1 Å². The van der Waals surface area contributed by atoms with Gasteiger partial charge >= 0.3 is 6.18 Å². The second-order valence-corrected chi connectivity index (χ2v) is 7.03. The van der Waals surface area contributed by atoms with Crippen molar-refractivity contribution in [3.63, 3.8) is 0 Å². The van der Waals surface area contributed by atoms with Crippen molar-refractivity contribution in [2.45, 2.75) is 31.6 Å². The van der Waals surface area contributed by atoms with Gasteiger partial charge in [-0.3, -0.25) is 4.99 Å². The quantitative estimate of drug-likeness (QED) is 0.614. The van der Waals surface area contributed by atoms with Crippen LogP contribution in [0, 0.1) is 6.92 Å². The normalized spacial score (nSPS) is 15.2. The maximum atomic E-state index is 12.3. The zero-order chi connectivity index (χ0) is 19.6. The first-order valence-electron chi connectivity index (χ1n) is 8.08. The standard InChI is InChI=1S/C17H18F3N5OS/c1-10-7-12(22-6-5-14(10)26-9-17(18,19)20)8-27-16-24-13-4-3-11(2)23-15(13)25(16)21/h3-6H,7-9,21H2,1-2H3. The number of aryl methyl sites for hydroxylation is 1. The number of nitrogens with two attached hydrogens (primary N) is 1. The van der Waals surface area contributed by atoms with Gasteiger partial charge in [0, 0.05) is 29.8 Å². The molecule has 2 aromatic heterocycles. The Hall–Kier alpha value is -2.49. The van der Waals surface area contributed by atoms with Crippen molar-refractivity contribution < 1.29 is 17.9 Å². The Balaban J connectivity index is 1.67. The number of ether oxygens (including phenoxy) is 1. The molecule has 1 aliphatic rings. The lowest BCUT2D eigenvalue weighted by atomic mass is 10.1. The molecule has 2 N–H and O–H groups in total. The van der Waals surface area contributed by atoms with Crippen molar-refractivity contribution >= 4 is 28.6 Å². The second kappa shape index (κ2) is 7.63. The maximum absolute atomic E-state index is 12.3. The Kier molecular flexibility index (Phi) is 5.45. The predicted octanol–water partition coefficient (Wildman–Crippen LogP) is 3.76. The van der Waals surface area contributed by atoms with Crippen LogP contribution in [0.3, 0.4) is 0 Å². The number of rotatable bonds is 5. The van der Waals surface area contributed by atoms with Crippen molar-refractivity contribution in [2.75, 3.05) is 18.2 Å². The Morgan fingerprint density at radius 3 is 2.78 bits per heavy atom. The number of pyridine rings is 1. The lowest BCUT2D eigenvalue weighted by Crippen LogP contribution is -2.17. The summed E-state index contributed by atoms with van der Waals surface area (Å²) in [5.74, 6) is 6.76. The SMILES string of the molecule is CC1=C(OCC(F)(F)F)C=CN=C(CSc2nc3ccc(C)nc3n2N)C1. The molecule has 0 fully saturated rings. The molecule has 3 rings (SSSR count). The molecule has 0 spiro atoms. The van der Waals surface area contributed by atoms with Crippen LogP contribution in [0.25, 0.3) is 11.2 Å². The van der Waals surface area contributed by atoms with Gasteiger partial charge in [-0.25, -0.2) is 14.6 Å². The van der Waals surface area contributed by atoms with E-state index in [1.54, 1.807) is 6.92 Å². The van der Waals surface area contributed by atoms with Crippen LogP contribution in [0.15, 0.2) is 45.9 Å². The number of alkyl halides is 3. The molecule has 3 heterocycles. The topological polar surface area (TPSA) is 78.3 Å². The van der Waals surface area contributed by atoms with Gasteiger partial charge in [0.1, 0.15) is 11.3 Å². The fourth-order valence-electron chi connectivity index (χ4n) is 2.51. The summed E-state index contributed by atoms with van der Waals surface area (Å²) in [6, 6.07) is 3.72. The number of halogens is 3. The van der Waals surface area contributed by atoms with E-state index < -0.39 is 12.8 Å². The predicted molar refractivity (Wildman–Crippen MR) is 99.0 cm³/mol. The summed E-state index contributed by atoms with van der Waals surface area (Å²) in [4.78, 5) is 13.1. The zero-order valence-corrected chi connectivity index (χ0v) is 15.6. The van der Waals surface area contributed by atoms with Crippen molar-refractivity contribution in [2.24, 2.45) is 4.99 Å². The van der Waals surface area contributed by atoms with Gasteiger partial charge in [-0.2, -0.15) is 13.2 Å². The monoisotopic (exact) mass is 397 g/mol. The zero-order valence-electron chi connectivity index (χ0n) is 14.7. The number of imidazole rings is 1. The first-order chi connectivity index (χ1) is 12.7. The third-order valence-electron chi connectivity index (χ3n) is 3.78. The van der Waals surface area contributed by atoms with Crippen LogP contribution < -0.4 is 5.84 Å². The summed E-state index contributed by atoms with van der Waals surface area (Å²) in [5, 5.41) is 0.592. The van der Waals surface area contributed by atoms with Crippen LogP contribution >= 0.6 is 11.8 Å². The number of nitrogen functional groups attached to an aromatic ring is 1. The molecular formula is C17H18F3N5OS. The summed E-state index contributed by atoms with van der Waals surface area (Å²) in [6.07, 6.45) is -1.06. The van der Waals surface area contributed by atoms with Gasteiger partial charge in [-0.1, -0.05) is 11.8 Å². The molecule has 10 heteroatoms. The Bertz CT molecular complexity index is 946. The number of aromatic nitrogens is 3. The van der Waals surface area contributed by atoms with E-state index in [2.05, 4.69) is 15.0 Å². The van der Waals surface area contributed by atoms with Crippen LogP contribution in [0.2, 0.25) is 0 Å². The highest BCUT2D eigenvalue weighted by molar-refractivity contribution is 7.99. The van der Waals surface area contributed by atoms with Crippen LogP contribution in [-0.4, -0.2) is 38.9 Å². The lowest BCUT2D eigenvalue weighted by Gasteiger charge is -2.12. The van der Waals surface area contributed by atoms with Gasteiger partial charge in [0.15, 0.2) is 17.4 Å². The number of thioether (sulfide) groups is 1. The highest BCUT2D eigenvalue weighted by atomic mass is 32.2. The summed E-state index contributed by atoms with van der Waals surface area (Å²) in [7, 11) is 0. The number of aliphatic imine (C=N–C) groups is 1. The van der Waals surface area contributed by atoms with Crippen molar-refractivity contribution in [1.29, 1.82) is 0 Å². The third-order valence-corrected chi connectivity index (χ3v) is 4.80. The molecular weight excluding hydrogens is 379 g/mol. The third kappa shape index (κ3) is 4.82. The molecule has 2 aromatic rings. The van der Waals surface area contributed by atoms with E-state index in [9.17, 15) is 13.2 Å². The fourth-order valence-corrected chi connectivity index (χ4v) is 3.37. The van der Waals surface area contributed by atoms with E-state index >= 15 is 0 Å². The number of hydrogen-bond acceptors (Lipinski definition) is 6. The minimum absolute atomic E-state index is 0.196. The van der Waals surface area contributed by atoms with Crippen LogP contribution in [-0.2, 0) is 4.74 Å². The first kappa shape index (κ1) is 19.3. The molecule has 6 nitrogen and oxygen atoms in total. The lowest BCUT2D eigenvalue weighted by molar-refractivity contribution is -0.164. The molecule has 0 aliphatic carbocycles. The summed E-state index contributed by atoms with van der Waals surface area (Å²) in [6.45, 7) is 2.28. The highest BCUT2D eigenvalue weighted by Crippen LogP contribution is 2.25. The minimum atomic E-state index is -4.38. The van der Waals surface area contributed by atoms with Gasteiger partial charge in [-0.15, -0.1) is 0 Å². The van der Waals surface area contributed by atoms with Gasteiger partial charge in [-0.05, 0) is 37.6 Å². The summed E-state index contributed by atoms with van der Waals surface area (Å²) < 4.78 is 43.3. The number of hydrogen-bond donors (Lipinski definition) is 1. The van der Waals surface area contributed by atoms with E-state index in [4.69, 9.17) is 10.6 Å². The van der Waals surface area contributed by atoms with Crippen molar-refractivity contribution in [3.05, 3.63) is 41.4 Å². The van der Waals surface area contributed by atoms with Crippen LogP contribution in [0.4, 0.5) is 13.2 Å². The molecule has 1 aliphatic heterocycles. The van der Waals surface area contributed by atoms with Gasteiger partial charge < -0.3 is 10.6 Å². The average molecular weight is 397 g/mol. The molecule has 0 saturated heterocycles. The molecule has 0 bridgehead atoms. The second-order valence-electron chi connectivity index (χ2n) is 6.08. The molecule has 0 aromatic carbocycles. The maximum Gasteiger partial charge on any atom is 0.422 e. The highest BCUT2D eigenvalue weighted by Gasteiger charge is 2.29. The molecule has 0 atom stereocenters. The van der Waals surface area contributed by atoms with Gasteiger partial charge in [0.2, 0.25) is 0 Å². The summed E-state index contributed by atoms with van der Waals surface area (Å²) >= 11 is 1.39. The molecule has 27 heavy (non-hydrogen) atoms. The Labute approximate surface area is 158 Å². The number of fused-ring (bicyclic) bond motifs is 1. The van der Waals surface area contributed by atoms with Crippen molar-refractivity contribution in [1.82, 2.24) is 14.6 Å². The Morgan fingerprint density at radius 1 is 1.26 bits per heavy atom.